The molecule has 1 aromatic heterocycles. The van der Waals surface area contributed by atoms with Gasteiger partial charge in [-0.15, -0.1) is 0 Å². The molecule has 1 aromatic carbocycles. The molecule has 5 nitrogen and oxygen atoms in total. The number of nitrogens with two attached hydrogens (primary N) is 1. The number of aromatic nitrogens is 2. The highest BCUT2D eigenvalue weighted by Crippen LogP contribution is 2.22. The van der Waals surface area contributed by atoms with E-state index in [0.29, 0.717) is 12.2 Å². The Labute approximate surface area is 121 Å². The number of anilines is 3. The Morgan fingerprint density at radius 1 is 1.24 bits per heavy atom. The molecular weight excluding hydrogens is 276 g/mol. The molecule has 0 fully saturated rings. The maximum absolute atomic E-state index is 13.5. The molecule has 0 saturated heterocycles. The Kier molecular flexibility index (Phi) is 4.64. The van der Waals surface area contributed by atoms with E-state index in [1.54, 1.807) is 6.20 Å². The Morgan fingerprint density at radius 3 is 2.48 bits per heavy atom. The second kappa shape index (κ2) is 6.45. The van der Waals surface area contributed by atoms with Gasteiger partial charge < -0.3 is 16.0 Å². The van der Waals surface area contributed by atoms with Gasteiger partial charge in [0.2, 0.25) is 5.95 Å². The summed E-state index contributed by atoms with van der Waals surface area (Å²) in [5.41, 5.74) is 6.34. The Morgan fingerprint density at radius 2 is 1.90 bits per heavy atom. The van der Waals surface area contributed by atoms with Crippen LogP contribution in [0.4, 0.5) is 26.2 Å². The van der Waals surface area contributed by atoms with Gasteiger partial charge in [0, 0.05) is 18.3 Å². The molecule has 0 aliphatic carbocycles. The van der Waals surface area contributed by atoms with Crippen molar-refractivity contribution in [3.63, 3.8) is 0 Å². The average Bonchev–Trinajstić information content (AvgIpc) is 2.42. The molecule has 112 valence electrons. The van der Waals surface area contributed by atoms with Crippen molar-refractivity contribution >= 4 is 17.5 Å². The van der Waals surface area contributed by atoms with Crippen molar-refractivity contribution in [1.82, 2.24) is 14.9 Å². The van der Waals surface area contributed by atoms with Crippen LogP contribution >= 0.6 is 0 Å². The molecule has 0 aliphatic rings. The number of halogens is 2. The molecule has 0 aliphatic heterocycles. The maximum atomic E-state index is 13.5. The molecule has 0 saturated carbocycles. The first-order valence-corrected chi connectivity index (χ1v) is 6.44. The number of nitrogen functional groups attached to an aromatic ring is 1. The highest BCUT2D eigenvalue weighted by molar-refractivity contribution is 5.56. The number of hydrogen-bond acceptors (Lipinski definition) is 5. The van der Waals surface area contributed by atoms with E-state index in [-0.39, 0.29) is 11.6 Å². The Bertz CT molecular complexity index is 611. The van der Waals surface area contributed by atoms with Crippen LogP contribution in [0.1, 0.15) is 5.56 Å². The van der Waals surface area contributed by atoms with Gasteiger partial charge in [-0.1, -0.05) is 6.07 Å². The number of nitrogens with zero attached hydrogens (tertiary/aromatic N) is 3. The van der Waals surface area contributed by atoms with E-state index in [2.05, 4.69) is 15.3 Å². The number of hydrogen-bond donors (Lipinski definition) is 2. The van der Waals surface area contributed by atoms with Crippen molar-refractivity contribution in [2.24, 2.45) is 0 Å². The Balaban J connectivity index is 2.17. The van der Waals surface area contributed by atoms with Gasteiger partial charge in [-0.3, -0.25) is 0 Å². The van der Waals surface area contributed by atoms with Crippen LogP contribution in [-0.2, 0) is 6.42 Å². The van der Waals surface area contributed by atoms with Gasteiger partial charge in [-0.05, 0) is 32.6 Å². The van der Waals surface area contributed by atoms with Crippen molar-refractivity contribution in [2.75, 3.05) is 31.7 Å². The van der Waals surface area contributed by atoms with Gasteiger partial charge >= 0.3 is 0 Å². The zero-order valence-corrected chi connectivity index (χ0v) is 11.9. The van der Waals surface area contributed by atoms with Crippen LogP contribution in [0.15, 0.2) is 24.4 Å². The van der Waals surface area contributed by atoms with Crippen LogP contribution in [0.2, 0.25) is 0 Å². The summed E-state index contributed by atoms with van der Waals surface area (Å²) in [4.78, 5) is 10.1. The first kappa shape index (κ1) is 15.1. The first-order chi connectivity index (χ1) is 9.97. The number of likely N-dealkylation sites (N-methyl/N-ethyl adjacent to an activating group) is 1. The van der Waals surface area contributed by atoms with Gasteiger partial charge in [0.1, 0.15) is 23.1 Å². The molecule has 21 heavy (non-hydrogen) atoms. The predicted octanol–water partition coefficient (Wildman–Crippen LogP) is 2.18. The second-order valence-electron chi connectivity index (χ2n) is 4.88. The summed E-state index contributed by atoms with van der Waals surface area (Å²) in [6.45, 7) is 0.808. The molecule has 2 rings (SSSR count). The molecule has 0 radical (unpaired) electrons. The molecule has 1 heterocycles. The van der Waals surface area contributed by atoms with Gasteiger partial charge in [0.15, 0.2) is 0 Å². The monoisotopic (exact) mass is 293 g/mol. The minimum atomic E-state index is -0.714. The fourth-order valence-corrected chi connectivity index (χ4v) is 1.75. The quantitative estimate of drug-likeness (QED) is 0.884. The van der Waals surface area contributed by atoms with E-state index in [1.165, 1.54) is 6.07 Å². The fraction of sp³-hybridized carbons (Fsp3) is 0.286. The predicted molar refractivity (Wildman–Crippen MR) is 78.3 cm³/mol. The lowest BCUT2D eigenvalue weighted by Gasteiger charge is -2.12. The normalized spacial score (nSPS) is 10.9. The average molecular weight is 293 g/mol. The summed E-state index contributed by atoms with van der Waals surface area (Å²) in [5, 5.41) is 2.51. The van der Waals surface area contributed by atoms with Gasteiger partial charge in [0.05, 0.1) is 0 Å². The first-order valence-electron chi connectivity index (χ1n) is 6.44. The summed E-state index contributed by atoms with van der Waals surface area (Å²) in [6, 6.07) is 3.59. The molecule has 7 heteroatoms. The summed E-state index contributed by atoms with van der Waals surface area (Å²) in [6.07, 6.45) is 2.26. The summed E-state index contributed by atoms with van der Waals surface area (Å²) in [7, 11) is 3.90. The van der Waals surface area contributed by atoms with Crippen molar-refractivity contribution in [2.45, 2.75) is 6.42 Å². The summed E-state index contributed by atoms with van der Waals surface area (Å²) >= 11 is 0. The van der Waals surface area contributed by atoms with Gasteiger partial charge in [-0.2, -0.15) is 4.98 Å². The zero-order valence-electron chi connectivity index (χ0n) is 11.9. The number of benzene rings is 1. The van der Waals surface area contributed by atoms with Gasteiger partial charge in [0.25, 0.3) is 0 Å². The second-order valence-corrected chi connectivity index (χ2v) is 4.88. The molecule has 0 amide bonds. The van der Waals surface area contributed by atoms with Crippen LogP contribution in [0.3, 0.4) is 0 Å². The Hall–Kier alpha value is -2.28. The lowest BCUT2D eigenvalue weighted by atomic mass is 10.2. The van der Waals surface area contributed by atoms with E-state index in [9.17, 15) is 8.78 Å². The lowest BCUT2D eigenvalue weighted by Crippen LogP contribution is -2.16. The topological polar surface area (TPSA) is 67.1 Å². The summed E-state index contributed by atoms with van der Waals surface area (Å²) < 4.78 is 27.1. The minimum absolute atomic E-state index is 0.0603. The highest BCUT2D eigenvalue weighted by atomic mass is 19.1. The highest BCUT2D eigenvalue weighted by Gasteiger charge is 2.11. The van der Waals surface area contributed by atoms with Gasteiger partial charge in [-0.25, -0.2) is 13.8 Å². The molecule has 3 N–H and O–H groups in total. The molecule has 0 unspecified atom stereocenters. The van der Waals surface area contributed by atoms with Crippen LogP contribution in [0, 0.1) is 11.6 Å². The lowest BCUT2D eigenvalue weighted by molar-refractivity contribution is 0.413. The number of nitrogens with one attached hydrogen (secondary N) is 1. The van der Waals surface area contributed by atoms with Crippen molar-refractivity contribution in [3.8, 4) is 0 Å². The molecule has 0 spiro atoms. The van der Waals surface area contributed by atoms with E-state index in [0.717, 1.165) is 24.2 Å². The minimum Gasteiger partial charge on any atom is -0.383 e. The third kappa shape index (κ3) is 3.85. The van der Waals surface area contributed by atoms with E-state index in [1.807, 2.05) is 19.0 Å². The van der Waals surface area contributed by atoms with E-state index >= 15 is 0 Å². The van der Waals surface area contributed by atoms with Crippen molar-refractivity contribution < 1.29 is 8.78 Å². The maximum Gasteiger partial charge on any atom is 0.229 e. The number of rotatable bonds is 5. The third-order valence-electron chi connectivity index (χ3n) is 2.93. The number of para-hydroxylation sites is 1. The van der Waals surface area contributed by atoms with Crippen LogP contribution < -0.4 is 11.1 Å². The zero-order chi connectivity index (χ0) is 15.4. The smallest absolute Gasteiger partial charge is 0.229 e. The third-order valence-corrected chi connectivity index (χ3v) is 2.93. The van der Waals surface area contributed by atoms with Crippen LogP contribution in [0.25, 0.3) is 0 Å². The standard InChI is InChI=1S/C14H17F2N5/c1-21(2)7-6-9-8-18-14(20-13(9)17)19-12-10(15)4-3-5-11(12)16/h3-5,8H,6-7H2,1-2H3,(H3,17,18,19,20). The molecule has 0 atom stereocenters. The summed E-state index contributed by atoms with van der Waals surface area (Å²) in [5.74, 6) is -1.07. The van der Waals surface area contributed by atoms with Crippen LogP contribution in [0.5, 0.6) is 0 Å². The van der Waals surface area contributed by atoms with E-state index < -0.39 is 11.6 Å². The largest absolute Gasteiger partial charge is 0.383 e. The van der Waals surface area contributed by atoms with E-state index in [4.69, 9.17) is 5.73 Å². The molecule has 2 aromatic rings. The van der Waals surface area contributed by atoms with Crippen molar-refractivity contribution in [1.29, 1.82) is 0 Å². The SMILES string of the molecule is CN(C)CCc1cnc(Nc2c(F)cccc2F)nc1N. The molecular formula is C14H17F2N5. The van der Waals surface area contributed by atoms with Crippen molar-refractivity contribution in [3.05, 3.63) is 41.6 Å². The van der Waals surface area contributed by atoms with Crippen LogP contribution in [-0.4, -0.2) is 35.5 Å². The fourth-order valence-electron chi connectivity index (χ4n) is 1.75. The molecule has 0 bridgehead atoms.